The minimum absolute atomic E-state index is 0.0166. The maximum absolute atomic E-state index is 14.0. The van der Waals surface area contributed by atoms with Crippen molar-refractivity contribution >= 4 is 92.5 Å². The van der Waals surface area contributed by atoms with Gasteiger partial charge in [0.2, 0.25) is 70.3 Å². The zero-order valence-electron chi connectivity index (χ0n) is 75.5. The maximum Gasteiger partial charge on any atom is 0.513 e. The largest absolute Gasteiger partial charge is 0.513 e. The standard InChI is InChI=1S/2C27H35N6O7P.C18H17F5NO5P.C15H19N5O3/c2*1-6-27(14-19(13-21(27)34)33-16-29-22-23(33)30-26(28)31-24(22)37-7-2)15-38-41(36,40-20-11-9-8-10-12-20)32-18(5)25(35)39-17(3)4;1-9(2)27-18(25)10(3)24-30(26,28-11-7-5-4-6-8-11)29-17-15(22)13(20)12(19)14(21)16(17)23;1-3-15(7-21)6-9(5-10(15)22)20-8-17-11-12(20)18-14(16)19-13(11)23-4-2/h2*1,8-12,16-19,21,34H,7,13-15H2,2-5H3,(H,32,36)(H2,28,30,31);4-10H,1-3H3,(H,24,26);1,8-10,21-22H,4-7H2,2H3,(H2,16,18,19)/t18-,19+,21+,27-,41-;18-,19-,21-,27+,41-;10-,30-;9-,10-,15+/m0000/s1. The van der Waals surface area contributed by atoms with Crippen LogP contribution in [0.25, 0.3) is 33.5 Å². The van der Waals surface area contributed by atoms with Gasteiger partial charge in [-0.15, -0.1) is 19.3 Å². The van der Waals surface area contributed by atoms with Crippen LogP contribution in [-0.2, 0) is 51.3 Å². The number of aliphatic hydroxyl groups excluding tert-OH is 4. The minimum atomic E-state index is -4.91. The molecule has 48 heteroatoms. The Morgan fingerprint density at radius 1 is 0.444 bits per heavy atom. The Kier molecular flexibility index (Phi) is 35.1. The number of esters is 3. The number of aliphatic hydroxyl groups is 4. The summed E-state index contributed by atoms with van der Waals surface area (Å²) >= 11 is 0. The van der Waals surface area contributed by atoms with E-state index in [9.17, 15) is 70.5 Å². The lowest BCUT2D eigenvalue weighted by Crippen LogP contribution is -2.38. The molecular weight excluding hydrogens is 1840 g/mol. The molecule has 4 aromatic carbocycles. The summed E-state index contributed by atoms with van der Waals surface area (Å²) < 4.78 is 179. The van der Waals surface area contributed by atoms with Crippen LogP contribution in [0.15, 0.2) is 110 Å². The Bertz CT molecular complexity index is 5850. The van der Waals surface area contributed by atoms with E-state index in [1.165, 1.54) is 58.9 Å². The van der Waals surface area contributed by atoms with Crippen molar-refractivity contribution in [3.05, 3.63) is 139 Å². The first-order chi connectivity index (χ1) is 64.0. The van der Waals surface area contributed by atoms with Crippen LogP contribution in [0.2, 0.25) is 0 Å². The lowest BCUT2D eigenvalue weighted by Gasteiger charge is -2.30. The number of nitrogens with two attached hydrogens (primary N) is 3. The van der Waals surface area contributed by atoms with Crippen molar-refractivity contribution in [2.45, 2.75) is 194 Å². The van der Waals surface area contributed by atoms with Gasteiger partial charge < -0.3 is 97.8 Å². The molecule has 135 heavy (non-hydrogen) atoms. The number of halogens is 5. The number of anilines is 3. The van der Waals surface area contributed by atoms with Gasteiger partial charge in [-0.2, -0.15) is 53.9 Å². The summed E-state index contributed by atoms with van der Waals surface area (Å²) in [5.74, 6) is -6.56. The number of nitrogens with one attached hydrogen (secondary N) is 3. The number of hydrogen-bond acceptors (Lipinski definition) is 34. The zero-order chi connectivity index (χ0) is 98.8. The second-order valence-electron chi connectivity index (χ2n) is 32.1. The maximum atomic E-state index is 14.0. The average molecular weight is 1940 g/mol. The van der Waals surface area contributed by atoms with Crippen molar-refractivity contribution in [2.24, 2.45) is 16.2 Å². The number of terminal acetylenes is 3. The molecule has 3 saturated carbocycles. The molecule has 10 aromatic rings. The number of imidazole rings is 3. The minimum Gasteiger partial charge on any atom is -0.476 e. The van der Waals surface area contributed by atoms with Crippen molar-refractivity contribution in [3.8, 4) is 77.7 Å². The van der Waals surface area contributed by atoms with Crippen molar-refractivity contribution in [1.82, 2.24) is 73.8 Å². The van der Waals surface area contributed by atoms with E-state index in [1.54, 1.807) is 123 Å². The van der Waals surface area contributed by atoms with Crippen molar-refractivity contribution in [2.75, 3.05) is 56.8 Å². The van der Waals surface area contributed by atoms with Crippen molar-refractivity contribution < 1.29 is 126 Å². The van der Waals surface area contributed by atoms with Gasteiger partial charge in [-0.25, -0.2) is 41.8 Å². The number of fused-ring (bicyclic) bond motifs is 3. The number of nitrogen functional groups attached to an aromatic ring is 3. The van der Waals surface area contributed by atoms with Gasteiger partial charge in [-0.1, -0.05) is 72.4 Å². The third-order valence-corrected chi connectivity index (χ3v) is 25.9. The fraction of sp³-hybridized carbons (Fsp3) is 0.448. The number of rotatable bonds is 36. The van der Waals surface area contributed by atoms with E-state index in [0.29, 0.717) is 72.0 Å². The highest BCUT2D eigenvalue weighted by Gasteiger charge is 2.52. The molecule has 13 N–H and O–H groups in total. The van der Waals surface area contributed by atoms with Crippen LogP contribution in [0.1, 0.15) is 140 Å². The molecule has 0 radical (unpaired) electrons. The molecular formula is C87H106F5N18O22P3. The molecule has 3 fully saturated rings. The molecule has 3 aliphatic rings. The normalized spacial score (nSPS) is 21.5. The fourth-order valence-corrected chi connectivity index (χ4v) is 19.1. The summed E-state index contributed by atoms with van der Waals surface area (Å²) in [4.78, 5) is 75.2. The first kappa shape index (κ1) is 105. The predicted octanol–water partition coefficient (Wildman–Crippen LogP) is 11.5. The molecule has 40 nitrogen and oxygen atoms in total. The number of hydrogen-bond donors (Lipinski definition) is 10. The van der Waals surface area contributed by atoms with E-state index in [1.807, 2.05) is 25.3 Å². The molecule has 726 valence electrons. The van der Waals surface area contributed by atoms with Crippen LogP contribution in [0.3, 0.4) is 0 Å². The van der Waals surface area contributed by atoms with Crippen LogP contribution in [0.5, 0.6) is 40.6 Å². The first-order valence-electron chi connectivity index (χ1n) is 42.4. The zero-order valence-corrected chi connectivity index (χ0v) is 78.2. The molecule has 3 aliphatic carbocycles. The number of benzene rings is 4. The Morgan fingerprint density at radius 2 is 0.719 bits per heavy atom. The van der Waals surface area contributed by atoms with Crippen molar-refractivity contribution in [3.63, 3.8) is 0 Å². The summed E-state index contributed by atoms with van der Waals surface area (Å²) in [5.41, 5.74) is 16.9. The number of nitrogens with zero attached hydrogens (tertiary/aromatic N) is 12. The summed E-state index contributed by atoms with van der Waals surface area (Å²) in [6, 6.07) is 19.5. The fourth-order valence-electron chi connectivity index (χ4n) is 14.5. The van der Waals surface area contributed by atoms with Gasteiger partial charge in [0, 0.05) is 18.1 Å². The van der Waals surface area contributed by atoms with E-state index < -0.39 is 135 Å². The van der Waals surface area contributed by atoms with Gasteiger partial charge in [0.05, 0.1) is 111 Å². The summed E-state index contributed by atoms with van der Waals surface area (Å²) in [7, 11) is -13.3. The van der Waals surface area contributed by atoms with Crippen LogP contribution in [-0.4, -0.2) is 191 Å². The van der Waals surface area contributed by atoms with Crippen molar-refractivity contribution in [1.29, 1.82) is 0 Å². The highest BCUT2D eigenvalue weighted by molar-refractivity contribution is 7.53. The number of ether oxygens (including phenoxy) is 6. The monoisotopic (exact) mass is 1940 g/mol. The summed E-state index contributed by atoms with van der Waals surface area (Å²) in [6.07, 6.45) is 19.8. The smallest absolute Gasteiger partial charge is 0.476 e. The molecule has 15 atom stereocenters. The molecule has 0 aliphatic heterocycles. The molecule has 13 rings (SSSR count). The van der Waals surface area contributed by atoms with Crippen LogP contribution in [0.4, 0.5) is 39.8 Å². The summed E-state index contributed by atoms with van der Waals surface area (Å²) in [6.45, 7) is 19.8. The lowest BCUT2D eigenvalue weighted by molar-refractivity contribution is -0.150. The van der Waals surface area contributed by atoms with Crippen LogP contribution in [0, 0.1) is 82.4 Å². The highest BCUT2D eigenvalue weighted by Crippen LogP contribution is 2.55. The Hall–Kier alpha value is -12.4. The number of carbonyl (C=O) groups is 3. The quantitative estimate of drug-likeness (QED) is 0.00332. The molecule has 0 bridgehead atoms. The second-order valence-corrected chi connectivity index (χ2v) is 37.1. The number of aromatic nitrogens is 12. The van der Waals surface area contributed by atoms with E-state index in [4.69, 9.17) is 87.5 Å². The van der Waals surface area contributed by atoms with Gasteiger partial charge in [0.25, 0.3) is 0 Å². The van der Waals surface area contributed by atoms with Gasteiger partial charge in [0.1, 0.15) is 35.4 Å². The Labute approximate surface area is 773 Å². The lowest BCUT2D eigenvalue weighted by atomic mass is 9.86. The van der Waals surface area contributed by atoms with E-state index in [-0.39, 0.29) is 123 Å². The first-order valence-corrected chi connectivity index (χ1v) is 47.1. The van der Waals surface area contributed by atoms with Gasteiger partial charge in [-0.3, -0.25) is 23.4 Å². The molecule has 6 aromatic heterocycles. The van der Waals surface area contributed by atoms with E-state index >= 15 is 0 Å². The molecule has 6 heterocycles. The van der Waals surface area contributed by atoms with Gasteiger partial charge in [-0.05, 0) is 158 Å². The number of para-hydroxylation sites is 3. The van der Waals surface area contributed by atoms with Crippen LogP contribution >= 0.6 is 23.2 Å². The molecule has 0 saturated heterocycles. The Morgan fingerprint density at radius 3 is 0.993 bits per heavy atom. The predicted molar refractivity (Wildman–Crippen MR) is 481 cm³/mol. The summed E-state index contributed by atoms with van der Waals surface area (Å²) in [5, 5.41) is 49.5. The van der Waals surface area contributed by atoms with Crippen LogP contribution < -0.4 is 64.8 Å². The average Bonchev–Trinajstić information content (AvgIpc) is 1.63. The van der Waals surface area contributed by atoms with E-state index in [2.05, 4.69) is 82.4 Å². The van der Waals surface area contributed by atoms with Gasteiger partial charge in [0.15, 0.2) is 33.5 Å². The topological polar surface area (TPSA) is 539 Å². The second kappa shape index (κ2) is 45.3. The Balaban J connectivity index is 0.000000190. The molecule has 0 spiro atoms. The molecule has 0 amide bonds. The third kappa shape index (κ3) is 25.4. The highest BCUT2D eigenvalue weighted by atomic mass is 31.2. The SMILES string of the molecule is C#C[C@@]1(CO[P@@](=O)(N[C@@H](C)C(=O)OC(C)C)Oc2ccccc2)C[C@H](n2cnc3c(OCC)nc(N)nc32)C[C@H]1O.C#C[C@]1(CO)C[C@@H](n2cnc3c(OCC)nc(N)nc32)C[C@@H]1O.C#C[C@]1(CO[P@@](=O)(N[C@@H](C)C(=O)OC(C)C)Oc2ccccc2)C[C@@H](n2cnc3c(OCC)nc(N)nc32)C[C@@H]1O.CC(C)OC(=O)[C@H](C)N[P@](=O)(Oc1ccccc1)Oc1c(F)c(F)c(F)c(F)c1F. The van der Waals surface area contributed by atoms with Gasteiger partial charge >= 0.3 is 41.1 Å². The van der Waals surface area contributed by atoms with E-state index in [0.717, 1.165) is 0 Å². The molecule has 0 unspecified atom stereocenters. The number of carbonyl (C=O) groups excluding carboxylic acids is 3. The third-order valence-electron chi connectivity index (χ3n) is 21.0.